The zero-order valence-electron chi connectivity index (χ0n) is 8.04. The van der Waals surface area contributed by atoms with E-state index in [1.807, 2.05) is 0 Å². The Hall–Kier alpha value is -0.300. The normalized spacial score (nSPS) is 12.8. The lowest BCUT2D eigenvalue weighted by Crippen LogP contribution is -1.95. The molecule has 1 rings (SSSR count). The smallest absolute Gasteiger partial charge is 0.00570 e. The van der Waals surface area contributed by atoms with Crippen LogP contribution < -0.4 is 0 Å². The third-order valence-corrected chi connectivity index (χ3v) is 3.21. The molecule has 13 heavy (non-hydrogen) atoms. The van der Waals surface area contributed by atoms with Crippen LogP contribution in [0.15, 0.2) is 30.3 Å². The first kappa shape index (κ1) is 10.8. The van der Waals surface area contributed by atoms with E-state index in [0.717, 1.165) is 11.2 Å². The van der Waals surface area contributed by atoms with Crippen molar-refractivity contribution in [1.82, 2.24) is 0 Å². The molecule has 0 unspecified atom stereocenters. The third-order valence-electron chi connectivity index (χ3n) is 2.10. The Labute approximate surface area is 89.5 Å². The molecule has 71 valence electrons. The first-order chi connectivity index (χ1) is 6.33. The standard InChI is InChI=1S/C12H16Br/c1-11(10-13)6-5-9-12-7-3-2-4-8-12/h2-4,7-9,11H,5-6,10H2,1H3/t11-/m0/s1. The zero-order chi connectivity index (χ0) is 9.52. The number of alkyl halides is 1. The zero-order valence-corrected chi connectivity index (χ0v) is 9.63. The summed E-state index contributed by atoms with van der Waals surface area (Å²) in [5.41, 5.74) is 1.34. The molecule has 0 bridgehead atoms. The first-order valence-corrected chi connectivity index (χ1v) is 5.89. The molecule has 0 spiro atoms. The van der Waals surface area contributed by atoms with Gasteiger partial charge in [-0.05, 0) is 30.7 Å². The van der Waals surface area contributed by atoms with Crippen molar-refractivity contribution in [2.45, 2.75) is 19.8 Å². The van der Waals surface area contributed by atoms with Gasteiger partial charge < -0.3 is 0 Å². The van der Waals surface area contributed by atoms with Crippen molar-refractivity contribution >= 4 is 15.9 Å². The van der Waals surface area contributed by atoms with Gasteiger partial charge in [-0.1, -0.05) is 53.2 Å². The van der Waals surface area contributed by atoms with Gasteiger partial charge in [-0.2, -0.15) is 0 Å². The minimum atomic E-state index is 0.778. The van der Waals surface area contributed by atoms with Crippen molar-refractivity contribution in [3.63, 3.8) is 0 Å². The van der Waals surface area contributed by atoms with E-state index in [1.54, 1.807) is 0 Å². The summed E-state index contributed by atoms with van der Waals surface area (Å²) in [5, 5.41) is 1.11. The predicted molar refractivity (Wildman–Crippen MR) is 62.0 cm³/mol. The topological polar surface area (TPSA) is 0 Å². The van der Waals surface area contributed by atoms with Crippen molar-refractivity contribution in [2.75, 3.05) is 5.33 Å². The van der Waals surface area contributed by atoms with Gasteiger partial charge in [-0.15, -0.1) is 0 Å². The average Bonchev–Trinajstić information content (AvgIpc) is 2.19. The van der Waals surface area contributed by atoms with Gasteiger partial charge >= 0.3 is 0 Å². The molecule has 0 aliphatic carbocycles. The molecule has 0 aliphatic rings. The molecule has 0 aromatic heterocycles. The SMILES string of the molecule is C[C@H](CBr)CC[CH]c1ccccc1. The molecular formula is C12H16Br. The molecule has 1 radical (unpaired) electrons. The van der Waals surface area contributed by atoms with Gasteiger partial charge in [-0.3, -0.25) is 0 Å². The molecule has 1 aromatic rings. The van der Waals surface area contributed by atoms with E-state index < -0.39 is 0 Å². The largest absolute Gasteiger partial charge is 0.0925 e. The van der Waals surface area contributed by atoms with Crippen LogP contribution in [0.3, 0.4) is 0 Å². The van der Waals surface area contributed by atoms with Crippen molar-refractivity contribution in [3.05, 3.63) is 42.3 Å². The highest BCUT2D eigenvalue weighted by Crippen LogP contribution is 2.13. The quantitative estimate of drug-likeness (QED) is 0.681. The first-order valence-electron chi connectivity index (χ1n) is 4.77. The van der Waals surface area contributed by atoms with Gasteiger partial charge in [-0.25, -0.2) is 0 Å². The predicted octanol–water partition coefficient (Wildman–Crippen LogP) is 4.05. The van der Waals surface area contributed by atoms with Crippen LogP contribution in [0.2, 0.25) is 0 Å². The molecule has 0 nitrogen and oxygen atoms in total. The molecular weight excluding hydrogens is 224 g/mol. The summed E-state index contributed by atoms with van der Waals surface area (Å²) in [7, 11) is 0. The van der Waals surface area contributed by atoms with Crippen LogP contribution in [0.1, 0.15) is 25.3 Å². The molecule has 0 fully saturated rings. The highest BCUT2D eigenvalue weighted by Gasteiger charge is 1.99. The fourth-order valence-corrected chi connectivity index (χ4v) is 1.52. The maximum Gasteiger partial charge on any atom is 0.00570 e. The van der Waals surface area contributed by atoms with Crippen LogP contribution in [-0.2, 0) is 0 Å². The Kier molecular flexibility index (Phi) is 5.14. The van der Waals surface area contributed by atoms with Gasteiger partial charge in [0.05, 0.1) is 0 Å². The van der Waals surface area contributed by atoms with Crippen LogP contribution >= 0.6 is 15.9 Å². The Morgan fingerprint density at radius 2 is 2.00 bits per heavy atom. The van der Waals surface area contributed by atoms with E-state index in [0.29, 0.717) is 0 Å². The summed E-state index contributed by atoms with van der Waals surface area (Å²) in [6, 6.07) is 10.5. The van der Waals surface area contributed by atoms with Gasteiger partial charge in [0.1, 0.15) is 0 Å². The highest BCUT2D eigenvalue weighted by molar-refractivity contribution is 9.09. The van der Waals surface area contributed by atoms with Crippen molar-refractivity contribution < 1.29 is 0 Å². The Balaban J connectivity index is 2.20. The van der Waals surface area contributed by atoms with Crippen LogP contribution in [-0.4, -0.2) is 5.33 Å². The van der Waals surface area contributed by atoms with E-state index in [-0.39, 0.29) is 0 Å². The fraction of sp³-hybridized carbons (Fsp3) is 0.417. The second-order valence-corrected chi connectivity index (χ2v) is 4.10. The Bertz CT molecular complexity index is 218. The summed E-state index contributed by atoms with van der Waals surface area (Å²) in [4.78, 5) is 0. The molecule has 0 saturated heterocycles. The van der Waals surface area contributed by atoms with Gasteiger partial charge in [0.15, 0.2) is 0 Å². The van der Waals surface area contributed by atoms with Crippen molar-refractivity contribution in [2.24, 2.45) is 5.92 Å². The molecule has 1 atom stereocenters. The van der Waals surface area contributed by atoms with Gasteiger partial charge in [0.2, 0.25) is 0 Å². The minimum absolute atomic E-state index is 0.778. The molecule has 1 heteroatoms. The lowest BCUT2D eigenvalue weighted by molar-refractivity contribution is 0.598. The Morgan fingerprint density at radius 3 is 2.62 bits per heavy atom. The van der Waals surface area contributed by atoms with Gasteiger partial charge in [0, 0.05) is 5.33 Å². The summed E-state index contributed by atoms with van der Waals surface area (Å²) in [6.45, 7) is 2.27. The maximum absolute atomic E-state index is 3.49. The molecule has 1 aromatic carbocycles. The van der Waals surface area contributed by atoms with Crippen molar-refractivity contribution in [1.29, 1.82) is 0 Å². The lowest BCUT2D eigenvalue weighted by Gasteiger charge is -2.06. The molecule has 0 saturated carbocycles. The van der Waals surface area contributed by atoms with E-state index in [1.165, 1.54) is 18.4 Å². The Morgan fingerprint density at radius 1 is 1.31 bits per heavy atom. The maximum atomic E-state index is 3.49. The summed E-state index contributed by atoms with van der Waals surface area (Å²) < 4.78 is 0. The number of rotatable bonds is 5. The fourth-order valence-electron chi connectivity index (χ4n) is 1.20. The van der Waals surface area contributed by atoms with E-state index in [2.05, 4.69) is 59.6 Å². The monoisotopic (exact) mass is 239 g/mol. The number of halogens is 1. The second kappa shape index (κ2) is 6.20. The van der Waals surface area contributed by atoms with E-state index in [4.69, 9.17) is 0 Å². The third kappa shape index (κ3) is 4.47. The summed E-state index contributed by atoms with van der Waals surface area (Å²) in [5.74, 6) is 0.778. The van der Waals surface area contributed by atoms with Crippen LogP contribution in [0.25, 0.3) is 0 Å². The van der Waals surface area contributed by atoms with E-state index >= 15 is 0 Å². The number of hydrogen-bond donors (Lipinski definition) is 0. The molecule has 0 amide bonds. The highest BCUT2D eigenvalue weighted by atomic mass is 79.9. The van der Waals surface area contributed by atoms with Crippen molar-refractivity contribution in [3.8, 4) is 0 Å². The lowest BCUT2D eigenvalue weighted by atomic mass is 10.0. The second-order valence-electron chi connectivity index (χ2n) is 3.45. The number of benzene rings is 1. The van der Waals surface area contributed by atoms with Crippen LogP contribution in [0.5, 0.6) is 0 Å². The average molecular weight is 240 g/mol. The van der Waals surface area contributed by atoms with Gasteiger partial charge in [0.25, 0.3) is 0 Å². The summed E-state index contributed by atoms with van der Waals surface area (Å²) in [6.07, 6.45) is 4.75. The minimum Gasteiger partial charge on any atom is -0.0925 e. The summed E-state index contributed by atoms with van der Waals surface area (Å²) >= 11 is 3.49. The van der Waals surface area contributed by atoms with Crippen LogP contribution in [0.4, 0.5) is 0 Å². The van der Waals surface area contributed by atoms with Crippen LogP contribution in [0, 0.1) is 12.3 Å². The molecule has 0 N–H and O–H groups in total. The number of hydrogen-bond acceptors (Lipinski definition) is 0. The molecule has 0 aliphatic heterocycles. The van der Waals surface area contributed by atoms with E-state index in [9.17, 15) is 0 Å². The molecule has 0 heterocycles.